The molecule has 1 fully saturated rings. The number of likely N-dealkylation sites (tertiary alicyclic amines) is 1. The molecule has 0 radical (unpaired) electrons. The fraction of sp³-hybridized carbons (Fsp3) is 0.500. The zero-order chi connectivity index (χ0) is 19.7. The molecule has 0 N–H and O–H groups in total. The van der Waals surface area contributed by atoms with Gasteiger partial charge in [0.2, 0.25) is 0 Å². The first-order valence-electron chi connectivity index (χ1n) is 10.0. The molecule has 6 heteroatoms. The number of piperidine rings is 1. The van der Waals surface area contributed by atoms with Crippen molar-refractivity contribution in [3.8, 4) is 5.75 Å². The second-order valence-corrected chi connectivity index (χ2v) is 8.19. The number of ketones is 1. The molecule has 6 nitrogen and oxygen atoms in total. The monoisotopic (exact) mass is 382 g/mol. The van der Waals surface area contributed by atoms with Gasteiger partial charge in [-0.05, 0) is 36.8 Å². The van der Waals surface area contributed by atoms with E-state index in [4.69, 9.17) is 9.26 Å². The maximum atomic E-state index is 12.7. The molecular formula is C22H26N2O4. The number of fused-ring (bicyclic) bond motifs is 1. The predicted molar refractivity (Wildman–Crippen MR) is 103 cm³/mol. The van der Waals surface area contributed by atoms with Crippen molar-refractivity contribution in [2.45, 2.75) is 45.6 Å². The van der Waals surface area contributed by atoms with Crippen LogP contribution in [0, 0.1) is 11.8 Å². The summed E-state index contributed by atoms with van der Waals surface area (Å²) in [6.45, 7) is 5.49. The number of Topliss-reactive ketones (excluding diaryl/α,β-unsaturated/α-hetero) is 1. The van der Waals surface area contributed by atoms with E-state index in [1.807, 2.05) is 29.2 Å². The molecular weight excluding hydrogens is 356 g/mol. The van der Waals surface area contributed by atoms with Crippen LogP contribution in [0.1, 0.15) is 59.7 Å². The van der Waals surface area contributed by atoms with Crippen molar-refractivity contribution in [2.75, 3.05) is 13.1 Å². The fourth-order valence-corrected chi connectivity index (χ4v) is 4.11. The highest BCUT2D eigenvalue weighted by Gasteiger charge is 2.35. The third-order valence-corrected chi connectivity index (χ3v) is 5.59. The van der Waals surface area contributed by atoms with Crippen molar-refractivity contribution < 1.29 is 18.8 Å². The molecule has 1 aromatic carbocycles. The number of aromatic nitrogens is 1. The number of amides is 1. The Labute approximate surface area is 164 Å². The lowest BCUT2D eigenvalue weighted by atomic mass is 9.86. The van der Waals surface area contributed by atoms with Crippen LogP contribution in [0.3, 0.4) is 0 Å². The average Bonchev–Trinajstić information content (AvgIpc) is 3.15. The van der Waals surface area contributed by atoms with Gasteiger partial charge in [0.1, 0.15) is 17.6 Å². The lowest BCUT2D eigenvalue weighted by Crippen LogP contribution is -2.44. The Morgan fingerprint density at radius 2 is 2.00 bits per heavy atom. The normalized spacial score (nSPS) is 20.2. The largest absolute Gasteiger partial charge is 0.489 e. The molecule has 0 saturated carbocycles. The van der Waals surface area contributed by atoms with Crippen LogP contribution in [-0.2, 0) is 6.42 Å². The van der Waals surface area contributed by atoms with Crippen LogP contribution in [0.25, 0.3) is 0 Å². The van der Waals surface area contributed by atoms with Crippen LogP contribution in [-0.4, -0.2) is 40.9 Å². The molecule has 0 bridgehead atoms. The van der Waals surface area contributed by atoms with Gasteiger partial charge in [0.05, 0.1) is 5.56 Å². The van der Waals surface area contributed by atoms with E-state index in [0.29, 0.717) is 42.4 Å². The minimum Gasteiger partial charge on any atom is -0.489 e. The van der Waals surface area contributed by atoms with Crippen molar-refractivity contribution in [1.29, 1.82) is 0 Å². The van der Waals surface area contributed by atoms with Gasteiger partial charge in [-0.25, -0.2) is 0 Å². The van der Waals surface area contributed by atoms with Gasteiger partial charge in [-0.15, -0.1) is 0 Å². The molecule has 2 aliphatic heterocycles. The van der Waals surface area contributed by atoms with Gasteiger partial charge in [0.15, 0.2) is 11.5 Å². The molecule has 1 saturated heterocycles. The summed E-state index contributed by atoms with van der Waals surface area (Å²) in [6, 6.07) is 9.19. The summed E-state index contributed by atoms with van der Waals surface area (Å²) in [5.74, 6) is 2.22. The summed E-state index contributed by atoms with van der Waals surface area (Å²) in [5.41, 5.74) is 1.06. The number of ether oxygens (including phenoxy) is 1. The molecule has 0 unspecified atom stereocenters. The summed E-state index contributed by atoms with van der Waals surface area (Å²) in [6.07, 6.45) is 2.73. The molecule has 3 heterocycles. The molecule has 2 aliphatic rings. The summed E-state index contributed by atoms with van der Waals surface area (Å²) >= 11 is 0. The molecule has 148 valence electrons. The van der Waals surface area contributed by atoms with E-state index in [1.54, 1.807) is 6.07 Å². The summed E-state index contributed by atoms with van der Waals surface area (Å²) < 4.78 is 11.4. The topological polar surface area (TPSA) is 72.6 Å². The molecule has 28 heavy (non-hydrogen) atoms. The molecule has 1 amide bonds. The van der Waals surface area contributed by atoms with Crippen LogP contribution < -0.4 is 4.74 Å². The van der Waals surface area contributed by atoms with Gasteiger partial charge in [-0.1, -0.05) is 31.1 Å². The fourth-order valence-electron chi connectivity index (χ4n) is 4.11. The summed E-state index contributed by atoms with van der Waals surface area (Å²) in [5, 5.41) is 3.95. The highest BCUT2D eigenvalue weighted by molar-refractivity contribution is 5.99. The number of nitrogens with zero attached hydrogens (tertiary/aromatic N) is 2. The molecule has 4 rings (SSSR count). The number of benzene rings is 1. The second kappa shape index (κ2) is 7.78. The van der Waals surface area contributed by atoms with Crippen molar-refractivity contribution in [3.05, 3.63) is 47.3 Å². The Morgan fingerprint density at radius 3 is 2.75 bits per heavy atom. The lowest BCUT2D eigenvalue weighted by molar-refractivity contribution is 0.0447. The lowest BCUT2D eigenvalue weighted by Gasteiger charge is -2.37. The second-order valence-electron chi connectivity index (χ2n) is 8.19. The molecule has 1 aromatic heterocycles. The van der Waals surface area contributed by atoms with Gasteiger partial charge in [-0.3, -0.25) is 9.59 Å². The third kappa shape index (κ3) is 3.81. The Balaban J connectivity index is 1.35. The van der Waals surface area contributed by atoms with Crippen LogP contribution >= 0.6 is 0 Å². The van der Waals surface area contributed by atoms with E-state index in [-0.39, 0.29) is 23.7 Å². The molecule has 0 spiro atoms. The van der Waals surface area contributed by atoms with Gasteiger partial charge in [0, 0.05) is 32.0 Å². The van der Waals surface area contributed by atoms with Crippen LogP contribution in [0.2, 0.25) is 0 Å². The Morgan fingerprint density at radius 1 is 1.25 bits per heavy atom. The standard InChI is InChI=1S/C22H26N2O4/c1-14(2)11-16-12-18(23-28-16)22(26)24-9-7-15(8-10-24)21-13-19(25)17-5-3-4-6-20(17)27-21/h3-6,12,14-15,21H,7-11,13H2,1-2H3/t21-/m0/s1. The van der Waals surface area contributed by atoms with E-state index in [0.717, 1.165) is 25.0 Å². The molecule has 1 atom stereocenters. The Kier molecular flexibility index (Phi) is 5.20. The minimum absolute atomic E-state index is 0.0804. The zero-order valence-electron chi connectivity index (χ0n) is 16.4. The van der Waals surface area contributed by atoms with Gasteiger partial charge in [0.25, 0.3) is 5.91 Å². The Bertz CT molecular complexity index is 865. The number of carbonyl (C=O) groups excluding carboxylic acids is 2. The van der Waals surface area contributed by atoms with Crippen molar-refractivity contribution in [1.82, 2.24) is 10.1 Å². The number of carbonyl (C=O) groups is 2. The average molecular weight is 382 g/mol. The summed E-state index contributed by atoms with van der Waals surface area (Å²) in [7, 11) is 0. The number of para-hydroxylation sites is 1. The maximum absolute atomic E-state index is 12.7. The summed E-state index contributed by atoms with van der Waals surface area (Å²) in [4.78, 5) is 27.0. The maximum Gasteiger partial charge on any atom is 0.276 e. The van der Waals surface area contributed by atoms with Gasteiger partial charge in [-0.2, -0.15) is 0 Å². The van der Waals surface area contributed by atoms with Crippen molar-refractivity contribution in [3.63, 3.8) is 0 Å². The first kappa shape index (κ1) is 18.7. The van der Waals surface area contributed by atoms with E-state index in [1.165, 1.54) is 0 Å². The van der Waals surface area contributed by atoms with Crippen LogP contribution in [0.5, 0.6) is 5.75 Å². The predicted octanol–water partition coefficient (Wildman–Crippen LogP) is 3.76. The van der Waals surface area contributed by atoms with E-state index in [9.17, 15) is 9.59 Å². The van der Waals surface area contributed by atoms with E-state index in [2.05, 4.69) is 19.0 Å². The SMILES string of the molecule is CC(C)Cc1cc(C(=O)N2CCC([C@@H]3CC(=O)c4ccccc4O3)CC2)no1. The van der Waals surface area contributed by atoms with Crippen molar-refractivity contribution in [2.24, 2.45) is 11.8 Å². The number of hydrogen-bond acceptors (Lipinski definition) is 5. The van der Waals surface area contributed by atoms with Crippen LogP contribution in [0.15, 0.2) is 34.9 Å². The zero-order valence-corrected chi connectivity index (χ0v) is 16.4. The highest BCUT2D eigenvalue weighted by Crippen LogP contribution is 2.33. The number of hydrogen-bond donors (Lipinski definition) is 0. The van der Waals surface area contributed by atoms with E-state index >= 15 is 0 Å². The molecule has 2 aromatic rings. The number of rotatable bonds is 4. The van der Waals surface area contributed by atoms with Gasteiger partial charge >= 0.3 is 0 Å². The third-order valence-electron chi connectivity index (χ3n) is 5.59. The quantitative estimate of drug-likeness (QED) is 0.805. The first-order chi connectivity index (χ1) is 13.5. The Hall–Kier alpha value is -2.63. The van der Waals surface area contributed by atoms with E-state index < -0.39 is 0 Å². The van der Waals surface area contributed by atoms with Crippen molar-refractivity contribution >= 4 is 11.7 Å². The van der Waals surface area contributed by atoms with Crippen LogP contribution in [0.4, 0.5) is 0 Å². The van der Waals surface area contributed by atoms with Gasteiger partial charge < -0.3 is 14.2 Å². The minimum atomic E-state index is -0.107. The highest BCUT2D eigenvalue weighted by atomic mass is 16.5. The smallest absolute Gasteiger partial charge is 0.276 e. The first-order valence-corrected chi connectivity index (χ1v) is 10.0. The molecule has 0 aliphatic carbocycles.